The molecule has 8 nitrogen and oxygen atoms in total. The molecule has 1 aromatic rings. The maximum Gasteiger partial charge on any atom is 0.413 e. The minimum atomic E-state index is -3.55. The standard InChI is InChI=1S/C18H27N3O5S/c1-4-26-18(23)19-17(22)13-20-9-11-21(12-10-20)27(24,25)16-7-5-15(6-8-16)14(2)3/h5-8,14H,4,9-13H2,1-3H3,(H,19,22,23). The Morgan fingerprint density at radius 1 is 1.11 bits per heavy atom. The number of ether oxygens (including phenoxy) is 1. The van der Waals surface area contributed by atoms with Crippen LogP contribution in [0.1, 0.15) is 32.3 Å². The Morgan fingerprint density at radius 2 is 1.70 bits per heavy atom. The number of piperazine rings is 1. The van der Waals surface area contributed by atoms with E-state index in [2.05, 4.69) is 23.9 Å². The van der Waals surface area contributed by atoms with E-state index in [0.717, 1.165) is 5.56 Å². The van der Waals surface area contributed by atoms with Crippen LogP contribution in [-0.2, 0) is 19.6 Å². The van der Waals surface area contributed by atoms with E-state index >= 15 is 0 Å². The lowest BCUT2D eigenvalue weighted by molar-refractivity contribution is -0.121. The summed E-state index contributed by atoms with van der Waals surface area (Å²) in [6.07, 6.45) is -0.770. The molecule has 0 unspecified atom stereocenters. The van der Waals surface area contributed by atoms with Gasteiger partial charge in [0.05, 0.1) is 18.0 Å². The third-order valence-corrected chi connectivity index (χ3v) is 6.31. The smallest absolute Gasteiger partial charge is 0.413 e. The summed E-state index contributed by atoms with van der Waals surface area (Å²) in [5.41, 5.74) is 1.09. The molecule has 9 heteroatoms. The van der Waals surface area contributed by atoms with Gasteiger partial charge in [-0.25, -0.2) is 13.2 Å². The molecular formula is C18H27N3O5S. The van der Waals surface area contributed by atoms with Crippen molar-refractivity contribution in [1.82, 2.24) is 14.5 Å². The molecule has 2 amide bonds. The minimum Gasteiger partial charge on any atom is -0.450 e. The Hall–Kier alpha value is -1.97. The number of benzene rings is 1. The van der Waals surface area contributed by atoms with Crippen molar-refractivity contribution < 1.29 is 22.7 Å². The van der Waals surface area contributed by atoms with Crippen LogP contribution in [-0.4, -0.2) is 69.0 Å². The number of nitrogens with zero attached hydrogens (tertiary/aromatic N) is 2. The molecule has 1 heterocycles. The van der Waals surface area contributed by atoms with Crippen molar-refractivity contribution >= 4 is 22.0 Å². The Morgan fingerprint density at radius 3 is 2.22 bits per heavy atom. The monoisotopic (exact) mass is 397 g/mol. The first-order chi connectivity index (χ1) is 12.7. The predicted octanol–water partition coefficient (Wildman–Crippen LogP) is 1.39. The van der Waals surface area contributed by atoms with Gasteiger partial charge in [-0.3, -0.25) is 15.0 Å². The van der Waals surface area contributed by atoms with Gasteiger partial charge < -0.3 is 4.74 Å². The van der Waals surface area contributed by atoms with Crippen molar-refractivity contribution in [2.75, 3.05) is 39.3 Å². The lowest BCUT2D eigenvalue weighted by Gasteiger charge is -2.33. The molecule has 150 valence electrons. The summed E-state index contributed by atoms with van der Waals surface area (Å²) >= 11 is 0. The van der Waals surface area contributed by atoms with Crippen LogP contribution >= 0.6 is 0 Å². The molecule has 0 saturated carbocycles. The number of rotatable bonds is 6. The van der Waals surface area contributed by atoms with Crippen molar-refractivity contribution in [3.8, 4) is 0 Å². The van der Waals surface area contributed by atoms with Crippen LogP contribution in [0.5, 0.6) is 0 Å². The molecular weight excluding hydrogens is 370 g/mol. The summed E-state index contributed by atoms with van der Waals surface area (Å²) < 4.78 is 31.6. The fourth-order valence-corrected chi connectivity index (χ4v) is 4.25. The largest absolute Gasteiger partial charge is 0.450 e. The molecule has 1 N–H and O–H groups in total. The Kier molecular flexibility index (Phi) is 7.34. The molecule has 0 aromatic heterocycles. The van der Waals surface area contributed by atoms with E-state index in [0.29, 0.717) is 32.1 Å². The molecule has 0 atom stereocenters. The zero-order chi connectivity index (χ0) is 20.0. The molecule has 27 heavy (non-hydrogen) atoms. The average Bonchev–Trinajstić information content (AvgIpc) is 2.62. The molecule has 0 spiro atoms. The number of carbonyl (C=O) groups is 2. The van der Waals surface area contributed by atoms with Gasteiger partial charge in [-0.15, -0.1) is 0 Å². The quantitative estimate of drug-likeness (QED) is 0.779. The van der Waals surface area contributed by atoms with Gasteiger partial charge in [0.25, 0.3) is 0 Å². The van der Waals surface area contributed by atoms with Crippen LogP contribution in [0.15, 0.2) is 29.2 Å². The van der Waals surface area contributed by atoms with Gasteiger partial charge in [0, 0.05) is 26.2 Å². The Balaban J connectivity index is 1.90. The van der Waals surface area contributed by atoms with Crippen LogP contribution in [0, 0.1) is 0 Å². The number of alkyl carbamates (subject to hydrolysis) is 1. The van der Waals surface area contributed by atoms with Gasteiger partial charge >= 0.3 is 6.09 Å². The van der Waals surface area contributed by atoms with Crippen LogP contribution in [0.4, 0.5) is 4.79 Å². The average molecular weight is 397 g/mol. The molecule has 0 aliphatic carbocycles. The lowest BCUT2D eigenvalue weighted by atomic mass is 10.0. The van der Waals surface area contributed by atoms with Gasteiger partial charge in [0.1, 0.15) is 0 Å². The molecule has 1 saturated heterocycles. The van der Waals surface area contributed by atoms with Crippen LogP contribution in [0.2, 0.25) is 0 Å². The van der Waals surface area contributed by atoms with Crippen LogP contribution in [0.25, 0.3) is 0 Å². The van der Waals surface area contributed by atoms with Gasteiger partial charge in [0.2, 0.25) is 15.9 Å². The first kappa shape index (κ1) is 21.3. The second-order valence-corrected chi connectivity index (χ2v) is 8.61. The van der Waals surface area contributed by atoms with Crippen molar-refractivity contribution in [3.63, 3.8) is 0 Å². The fraction of sp³-hybridized carbons (Fsp3) is 0.556. The van der Waals surface area contributed by atoms with E-state index in [1.54, 1.807) is 19.1 Å². The van der Waals surface area contributed by atoms with Crippen molar-refractivity contribution in [3.05, 3.63) is 29.8 Å². The highest BCUT2D eigenvalue weighted by Crippen LogP contribution is 2.21. The summed E-state index contributed by atoms with van der Waals surface area (Å²) in [7, 11) is -3.55. The maximum absolute atomic E-state index is 12.8. The number of amides is 2. The number of nitrogens with one attached hydrogen (secondary N) is 1. The van der Waals surface area contributed by atoms with Crippen molar-refractivity contribution in [2.45, 2.75) is 31.6 Å². The van der Waals surface area contributed by atoms with Crippen molar-refractivity contribution in [2.24, 2.45) is 0 Å². The highest BCUT2D eigenvalue weighted by molar-refractivity contribution is 7.89. The van der Waals surface area contributed by atoms with E-state index in [4.69, 9.17) is 0 Å². The number of hydrogen-bond donors (Lipinski definition) is 1. The zero-order valence-corrected chi connectivity index (χ0v) is 16.8. The Labute approximate surface area is 160 Å². The highest BCUT2D eigenvalue weighted by Gasteiger charge is 2.29. The van der Waals surface area contributed by atoms with Gasteiger partial charge in [0.15, 0.2) is 0 Å². The van der Waals surface area contributed by atoms with Gasteiger partial charge in [-0.2, -0.15) is 4.31 Å². The summed E-state index contributed by atoms with van der Waals surface area (Å²) in [5.74, 6) is -0.125. The molecule has 0 radical (unpaired) electrons. The topological polar surface area (TPSA) is 96.0 Å². The maximum atomic E-state index is 12.8. The van der Waals surface area contributed by atoms with Crippen LogP contribution < -0.4 is 5.32 Å². The first-order valence-corrected chi connectivity index (χ1v) is 10.5. The number of sulfonamides is 1. The molecule has 1 aliphatic rings. The van der Waals surface area contributed by atoms with E-state index in [-0.39, 0.29) is 18.0 Å². The van der Waals surface area contributed by atoms with Crippen LogP contribution in [0.3, 0.4) is 0 Å². The van der Waals surface area contributed by atoms with E-state index < -0.39 is 22.0 Å². The minimum absolute atomic E-state index is 0.0236. The van der Waals surface area contributed by atoms with E-state index in [9.17, 15) is 18.0 Å². The SMILES string of the molecule is CCOC(=O)NC(=O)CN1CCN(S(=O)(=O)c2ccc(C(C)C)cc2)CC1. The molecule has 1 aromatic carbocycles. The molecule has 2 rings (SSSR count). The van der Waals surface area contributed by atoms with Gasteiger partial charge in [-0.1, -0.05) is 26.0 Å². The number of imide groups is 1. The lowest BCUT2D eigenvalue weighted by Crippen LogP contribution is -2.51. The van der Waals surface area contributed by atoms with E-state index in [1.807, 2.05) is 17.0 Å². The second kappa shape index (κ2) is 9.29. The third kappa shape index (κ3) is 5.75. The first-order valence-electron chi connectivity index (χ1n) is 9.03. The summed E-state index contributed by atoms with van der Waals surface area (Å²) in [4.78, 5) is 25.1. The van der Waals surface area contributed by atoms with Crippen molar-refractivity contribution in [1.29, 1.82) is 0 Å². The fourth-order valence-electron chi connectivity index (χ4n) is 2.83. The third-order valence-electron chi connectivity index (χ3n) is 4.40. The Bertz CT molecular complexity index is 754. The predicted molar refractivity (Wildman–Crippen MR) is 101 cm³/mol. The van der Waals surface area contributed by atoms with E-state index in [1.165, 1.54) is 4.31 Å². The molecule has 1 fully saturated rings. The van der Waals surface area contributed by atoms with Gasteiger partial charge in [-0.05, 0) is 30.5 Å². The number of hydrogen-bond acceptors (Lipinski definition) is 6. The normalized spacial score (nSPS) is 16.3. The number of carbonyl (C=O) groups excluding carboxylic acids is 2. The summed E-state index contributed by atoms with van der Waals surface area (Å²) in [5, 5.41) is 2.14. The second-order valence-electron chi connectivity index (χ2n) is 6.67. The highest BCUT2D eigenvalue weighted by atomic mass is 32.2. The summed E-state index contributed by atoms with van der Waals surface area (Å²) in [6, 6.07) is 6.97. The zero-order valence-electron chi connectivity index (χ0n) is 16.0. The molecule has 1 aliphatic heterocycles. The summed E-state index contributed by atoms with van der Waals surface area (Å²) in [6.45, 7) is 7.40. The molecule has 0 bridgehead atoms.